The molecule has 0 bridgehead atoms. The molecule has 1 aliphatic rings. The van der Waals surface area contributed by atoms with Crippen LogP contribution in [0, 0.1) is 11.8 Å². The Kier molecular flexibility index (Phi) is 5.81. The van der Waals surface area contributed by atoms with E-state index in [1.807, 2.05) is 24.3 Å². The van der Waals surface area contributed by atoms with Crippen molar-refractivity contribution in [3.05, 3.63) is 29.8 Å². The molecular weight excluding hydrogens is 278 g/mol. The highest BCUT2D eigenvalue weighted by Crippen LogP contribution is 2.30. The molecule has 1 aromatic carbocycles. The van der Waals surface area contributed by atoms with Gasteiger partial charge in [0.2, 0.25) is 0 Å². The zero-order chi connectivity index (χ0) is 15.9. The van der Waals surface area contributed by atoms with Crippen molar-refractivity contribution in [3.63, 3.8) is 0 Å². The van der Waals surface area contributed by atoms with Crippen molar-refractivity contribution in [2.45, 2.75) is 39.0 Å². The van der Waals surface area contributed by atoms with E-state index >= 15 is 0 Å². The standard InChI is InChI=1S/C17H25N3O2/c1-2-12-5-9-15(10-6-12)22-16(21)14-7-3-13(4-8-14)11-20-17(18)19/h5-6,9-10,13-14H,2-4,7-8,11H2,1H3,(H4,18,19,20). The molecule has 4 N–H and O–H groups in total. The predicted octanol–water partition coefficient (Wildman–Crippen LogP) is 2.23. The lowest BCUT2D eigenvalue weighted by Gasteiger charge is -2.26. The smallest absolute Gasteiger partial charge is 0.314 e. The maximum atomic E-state index is 12.2. The van der Waals surface area contributed by atoms with Crippen molar-refractivity contribution in [1.82, 2.24) is 0 Å². The van der Waals surface area contributed by atoms with E-state index in [2.05, 4.69) is 11.9 Å². The number of aryl methyl sites for hydroxylation is 1. The van der Waals surface area contributed by atoms with E-state index < -0.39 is 0 Å². The van der Waals surface area contributed by atoms with Gasteiger partial charge < -0.3 is 16.2 Å². The van der Waals surface area contributed by atoms with Crippen molar-refractivity contribution >= 4 is 11.9 Å². The number of benzene rings is 1. The molecule has 1 aromatic rings. The Morgan fingerprint density at radius 1 is 1.18 bits per heavy atom. The second-order valence-electron chi connectivity index (χ2n) is 5.90. The van der Waals surface area contributed by atoms with Gasteiger partial charge in [-0.15, -0.1) is 0 Å². The normalized spacial score (nSPS) is 21.1. The summed E-state index contributed by atoms with van der Waals surface area (Å²) in [5.74, 6) is 1.10. The molecule has 0 spiro atoms. The number of carbonyl (C=O) groups is 1. The summed E-state index contributed by atoms with van der Waals surface area (Å²) in [4.78, 5) is 16.3. The van der Waals surface area contributed by atoms with Gasteiger partial charge in [-0.05, 0) is 55.7 Å². The number of ether oxygens (including phenoxy) is 1. The van der Waals surface area contributed by atoms with Crippen LogP contribution in [0.1, 0.15) is 38.2 Å². The first-order valence-electron chi connectivity index (χ1n) is 7.94. The topological polar surface area (TPSA) is 90.7 Å². The van der Waals surface area contributed by atoms with E-state index in [0.717, 1.165) is 32.1 Å². The van der Waals surface area contributed by atoms with E-state index in [4.69, 9.17) is 16.2 Å². The molecule has 1 aliphatic carbocycles. The third kappa shape index (κ3) is 4.76. The van der Waals surface area contributed by atoms with Crippen molar-refractivity contribution < 1.29 is 9.53 Å². The Balaban J connectivity index is 1.80. The van der Waals surface area contributed by atoms with Crippen LogP contribution in [0.25, 0.3) is 0 Å². The fourth-order valence-electron chi connectivity index (χ4n) is 2.81. The van der Waals surface area contributed by atoms with Gasteiger partial charge >= 0.3 is 5.97 Å². The van der Waals surface area contributed by atoms with Crippen LogP contribution in [0.3, 0.4) is 0 Å². The van der Waals surface area contributed by atoms with Gasteiger partial charge in [0.15, 0.2) is 5.96 Å². The fraction of sp³-hybridized carbons (Fsp3) is 0.529. The zero-order valence-electron chi connectivity index (χ0n) is 13.1. The molecule has 5 heteroatoms. The first-order valence-corrected chi connectivity index (χ1v) is 7.94. The second-order valence-corrected chi connectivity index (χ2v) is 5.90. The molecule has 1 saturated carbocycles. The van der Waals surface area contributed by atoms with Crippen LogP contribution in [0.4, 0.5) is 0 Å². The van der Waals surface area contributed by atoms with Crippen molar-refractivity contribution in [2.24, 2.45) is 28.3 Å². The number of guanidine groups is 1. The van der Waals surface area contributed by atoms with Crippen LogP contribution in [-0.4, -0.2) is 18.5 Å². The number of hydrogen-bond donors (Lipinski definition) is 2. The maximum Gasteiger partial charge on any atom is 0.314 e. The summed E-state index contributed by atoms with van der Waals surface area (Å²) >= 11 is 0. The SMILES string of the molecule is CCc1ccc(OC(=O)C2CCC(CN=C(N)N)CC2)cc1. The summed E-state index contributed by atoms with van der Waals surface area (Å²) in [6, 6.07) is 7.71. The van der Waals surface area contributed by atoms with Crippen LogP contribution < -0.4 is 16.2 Å². The molecule has 0 saturated heterocycles. The molecule has 0 radical (unpaired) electrons. The summed E-state index contributed by atoms with van der Waals surface area (Å²) < 4.78 is 5.48. The van der Waals surface area contributed by atoms with Crippen LogP contribution >= 0.6 is 0 Å². The van der Waals surface area contributed by atoms with E-state index in [9.17, 15) is 4.79 Å². The number of carbonyl (C=O) groups excluding carboxylic acids is 1. The van der Waals surface area contributed by atoms with Crippen LogP contribution in [-0.2, 0) is 11.2 Å². The molecule has 5 nitrogen and oxygen atoms in total. The molecule has 1 fully saturated rings. The van der Waals surface area contributed by atoms with Crippen LogP contribution in [0.5, 0.6) is 5.75 Å². The summed E-state index contributed by atoms with van der Waals surface area (Å²) in [7, 11) is 0. The molecule has 120 valence electrons. The zero-order valence-corrected chi connectivity index (χ0v) is 13.1. The Bertz CT molecular complexity index is 513. The largest absolute Gasteiger partial charge is 0.426 e. The van der Waals surface area contributed by atoms with Crippen molar-refractivity contribution in [1.29, 1.82) is 0 Å². The average molecular weight is 303 g/mol. The van der Waals surface area contributed by atoms with Gasteiger partial charge in [0, 0.05) is 6.54 Å². The number of nitrogens with zero attached hydrogens (tertiary/aromatic N) is 1. The Labute approximate surface area is 131 Å². The highest BCUT2D eigenvalue weighted by Gasteiger charge is 2.27. The lowest BCUT2D eigenvalue weighted by atomic mass is 9.82. The summed E-state index contributed by atoms with van der Waals surface area (Å²) in [5.41, 5.74) is 11.9. The molecule has 0 unspecified atom stereocenters. The van der Waals surface area contributed by atoms with Gasteiger partial charge in [0.05, 0.1) is 5.92 Å². The molecule has 0 amide bonds. The highest BCUT2D eigenvalue weighted by molar-refractivity contribution is 5.76. The Morgan fingerprint density at radius 2 is 1.82 bits per heavy atom. The van der Waals surface area contributed by atoms with Crippen molar-refractivity contribution in [3.8, 4) is 5.75 Å². The fourth-order valence-corrected chi connectivity index (χ4v) is 2.81. The van der Waals surface area contributed by atoms with E-state index in [1.165, 1.54) is 5.56 Å². The lowest BCUT2D eigenvalue weighted by molar-refractivity contribution is -0.140. The number of rotatable bonds is 5. The average Bonchev–Trinajstić information content (AvgIpc) is 2.54. The quantitative estimate of drug-likeness (QED) is 0.378. The molecular formula is C17H25N3O2. The molecule has 0 atom stereocenters. The third-order valence-corrected chi connectivity index (χ3v) is 4.26. The van der Waals surface area contributed by atoms with E-state index in [1.54, 1.807) is 0 Å². The highest BCUT2D eigenvalue weighted by atomic mass is 16.5. The first-order chi connectivity index (χ1) is 10.6. The Morgan fingerprint density at radius 3 is 2.36 bits per heavy atom. The molecule has 2 rings (SSSR count). The number of hydrogen-bond acceptors (Lipinski definition) is 3. The van der Waals surface area contributed by atoms with E-state index in [-0.39, 0.29) is 17.8 Å². The van der Waals surface area contributed by atoms with E-state index in [0.29, 0.717) is 18.2 Å². The van der Waals surface area contributed by atoms with Crippen LogP contribution in [0.2, 0.25) is 0 Å². The van der Waals surface area contributed by atoms with Crippen LogP contribution in [0.15, 0.2) is 29.3 Å². The maximum absolute atomic E-state index is 12.2. The number of esters is 1. The van der Waals surface area contributed by atoms with Gasteiger partial charge in [-0.2, -0.15) is 0 Å². The van der Waals surface area contributed by atoms with Gasteiger partial charge in [0.1, 0.15) is 5.75 Å². The lowest BCUT2D eigenvalue weighted by Crippen LogP contribution is -2.28. The molecule has 0 aromatic heterocycles. The van der Waals surface area contributed by atoms with Crippen molar-refractivity contribution in [2.75, 3.05) is 6.54 Å². The minimum atomic E-state index is -0.121. The molecule has 0 heterocycles. The third-order valence-electron chi connectivity index (χ3n) is 4.26. The van der Waals surface area contributed by atoms with Gasteiger partial charge in [-0.3, -0.25) is 9.79 Å². The summed E-state index contributed by atoms with van der Waals surface area (Å²) in [6.07, 6.45) is 4.59. The number of aliphatic imine (C=N–C) groups is 1. The number of nitrogens with two attached hydrogens (primary N) is 2. The molecule has 0 aliphatic heterocycles. The van der Waals surface area contributed by atoms with Gasteiger partial charge in [0.25, 0.3) is 0 Å². The second kappa shape index (κ2) is 7.82. The first kappa shape index (κ1) is 16.3. The predicted molar refractivity (Wildman–Crippen MR) is 87.6 cm³/mol. The minimum absolute atomic E-state index is 0.0127. The van der Waals surface area contributed by atoms with Gasteiger partial charge in [-0.25, -0.2) is 0 Å². The minimum Gasteiger partial charge on any atom is -0.426 e. The molecule has 22 heavy (non-hydrogen) atoms. The monoisotopic (exact) mass is 303 g/mol. The summed E-state index contributed by atoms with van der Waals surface area (Å²) in [6.45, 7) is 2.75. The summed E-state index contributed by atoms with van der Waals surface area (Å²) in [5, 5.41) is 0. The van der Waals surface area contributed by atoms with Gasteiger partial charge in [-0.1, -0.05) is 19.1 Å². The Hall–Kier alpha value is -2.04.